The number of likely N-dealkylation sites (N-methyl/N-ethyl adjacent to an activating group) is 1. The number of carbonyl (C=O) groups excluding carboxylic acids is 3. The third kappa shape index (κ3) is 70.7. The molecular weight excluding hydrogens is 1100 g/mol. The highest BCUT2D eigenvalue weighted by Gasteiger charge is 2.22. The Balaban J connectivity index is 4.11. The minimum Gasteiger partial charge on any atom is -0.545 e. The fraction of sp³-hybridized carbons (Fsp3) is 0.688. The molecule has 0 spiro atoms. The van der Waals surface area contributed by atoms with Gasteiger partial charge in [-0.15, -0.1) is 0 Å². The van der Waals surface area contributed by atoms with Crippen LogP contribution in [0.15, 0.2) is 134 Å². The summed E-state index contributed by atoms with van der Waals surface area (Å²) in [6.45, 7) is 4.54. The van der Waals surface area contributed by atoms with Crippen LogP contribution in [0.25, 0.3) is 0 Å². The molecule has 0 aromatic heterocycles. The first-order chi connectivity index (χ1) is 43.6. The van der Waals surface area contributed by atoms with E-state index in [1.165, 1.54) is 154 Å². The van der Waals surface area contributed by atoms with Gasteiger partial charge in [-0.2, -0.15) is 0 Å². The van der Waals surface area contributed by atoms with E-state index in [1.54, 1.807) is 0 Å². The molecular formula is C80H135NO8. The van der Waals surface area contributed by atoms with Crippen LogP contribution in [-0.2, 0) is 33.3 Å². The van der Waals surface area contributed by atoms with Crippen LogP contribution in [0.1, 0.15) is 296 Å². The Kier molecular flexibility index (Phi) is 65.8. The molecule has 0 rings (SSSR count). The first kappa shape index (κ1) is 84.4. The number of aliphatic carboxylic acids is 1. The average molecular weight is 1240 g/mol. The zero-order chi connectivity index (χ0) is 64.7. The van der Waals surface area contributed by atoms with Gasteiger partial charge in [-0.3, -0.25) is 9.59 Å². The summed E-state index contributed by atoms with van der Waals surface area (Å²) in [5.41, 5.74) is 0. The molecule has 0 aliphatic heterocycles. The van der Waals surface area contributed by atoms with Gasteiger partial charge >= 0.3 is 11.9 Å². The van der Waals surface area contributed by atoms with E-state index < -0.39 is 24.3 Å². The van der Waals surface area contributed by atoms with Crippen molar-refractivity contribution >= 4 is 17.9 Å². The Labute approximate surface area is 548 Å². The van der Waals surface area contributed by atoms with Gasteiger partial charge in [-0.1, -0.05) is 308 Å². The molecule has 0 aromatic rings. The first-order valence-electron chi connectivity index (χ1n) is 36.3. The molecule has 0 N–H and O–H groups in total. The molecule has 0 amide bonds. The van der Waals surface area contributed by atoms with Crippen LogP contribution < -0.4 is 5.11 Å². The molecule has 0 saturated carbocycles. The lowest BCUT2D eigenvalue weighted by Gasteiger charge is -2.26. The first-order valence-corrected chi connectivity index (χ1v) is 36.3. The second kappa shape index (κ2) is 69.3. The second-order valence-corrected chi connectivity index (χ2v) is 25.1. The Morgan fingerprint density at radius 1 is 0.337 bits per heavy atom. The van der Waals surface area contributed by atoms with Crippen molar-refractivity contribution in [3.63, 3.8) is 0 Å². The molecule has 0 aliphatic carbocycles. The van der Waals surface area contributed by atoms with Gasteiger partial charge in [-0.05, 0) is 109 Å². The van der Waals surface area contributed by atoms with E-state index >= 15 is 0 Å². The zero-order valence-electron chi connectivity index (χ0n) is 58.0. The number of carbonyl (C=O) groups is 3. The topological polar surface area (TPSA) is 111 Å². The molecule has 0 aromatic carbocycles. The summed E-state index contributed by atoms with van der Waals surface area (Å²) in [5, 5.41) is 11.8. The number of allylic oxidation sites excluding steroid dienone is 22. The van der Waals surface area contributed by atoms with E-state index in [9.17, 15) is 19.5 Å². The molecule has 9 heteroatoms. The van der Waals surface area contributed by atoms with E-state index in [4.69, 9.17) is 18.9 Å². The molecule has 0 fully saturated rings. The van der Waals surface area contributed by atoms with Crippen molar-refractivity contribution < 1.29 is 42.9 Å². The van der Waals surface area contributed by atoms with E-state index in [0.29, 0.717) is 17.4 Å². The Morgan fingerprint density at radius 2 is 0.607 bits per heavy atom. The monoisotopic (exact) mass is 1240 g/mol. The number of hydrogen-bond donors (Lipinski definition) is 0. The molecule has 2 unspecified atom stereocenters. The predicted octanol–water partition coefficient (Wildman–Crippen LogP) is 21.6. The van der Waals surface area contributed by atoms with Crippen LogP contribution in [0.2, 0.25) is 0 Å². The van der Waals surface area contributed by atoms with Crippen LogP contribution >= 0.6 is 0 Å². The number of esters is 2. The highest BCUT2D eigenvalue weighted by molar-refractivity contribution is 5.70. The summed E-state index contributed by atoms with van der Waals surface area (Å²) in [7, 11) is 5.93. The summed E-state index contributed by atoms with van der Waals surface area (Å²) in [6.07, 6.45) is 96.8. The lowest BCUT2D eigenvalue weighted by Crippen LogP contribution is -2.44. The minimum absolute atomic E-state index is 0.143. The maximum atomic E-state index is 13.0. The standard InChI is InChI=1S/C80H135NO8/c1-6-8-10-12-14-16-18-20-22-24-26-28-30-32-34-36-38-39-41-43-45-47-49-51-53-55-57-59-61-63-65-67-69-71-78(83)89-76(75-88-80(79(84)85)86-73-72-81(3,4)5)74-87-77(82)70-68-66-64-62-60-58-56-54-52-50-48-46-44-42-40-37-35-33-31-29-27-25-23-21-19-17-15-13-11-9-7-2/h8-11,14-17,20-23,26-29,32-35,38-39,76,80H,6-7,12-13,18-19,24-25,30-31,36-37,40-75H2,1-5H3/b10-8-,11-9-,16-14-,17-15-,22-20-,23-21-,28-26-,29-27-,34-32-,35-33-,39-38-. The molecule has 0 aliphatic rings. The predicted molar refractivity (Wildman–Crippen MR) is 379 cm³/mol. The number of carboxylic acid groups (broad SMARTS) is 1. The highest BCUT2D eigenvalue weighted by Crippen LogP contribution is 2.17. The molecule has 0 saturated heterocycles. The SMILES string of the molecule is CC/C=C\C/C=C\C/C=C\C/C=C\C/C=C\C/C=C\CCCCCCCCCCCCCCCCC(=O)OC(COC(=O)CCCCCCCCCCCCCCCCC/C=C\C/C=C\C/C=C\C/C=C\C/C=C\CC)COC(OCC[N+](C)(C)C)C(=O)[O-]. The van der Waals surface area contributed by atoms with Crippen LogP contribution in [-0.4, -0.2) is 82.3 Å². The summed E-state index contributed by atoms with van der Waals surface area (Å²) in [5.74, 6) is -2.28. The van der Waals surface area contributed by atoms with Gasteiger partial charge in [-0.25, -0.2) is 0 Å². The minimum atomic E-state index is -1.63. The van der Waals surface area contributed by atoms with Crippen molar-refractivity contribution in [3.8, 4) is 0 Å². The third-order valence-electron chi connectivity index (χ3n) is 15.4. The molecule has 0 bridgehead atoms. The van der Waals surface area contributed by atoms with Gasteiger partial charge < -0.3 is 33.3 Å². The van der Waals surface area contributed by atoms with Gasteiger partial charge in [0, 0.05) is 12.8 Å². The van der Waals surface area contributed by atoms with Crippen LogP contribution in [0.5, 0.6) is 0 Å². The molecule has 0 heterocycles. The van der Waals surface area contributed by atoms with Crippen molar-refractivity contribution in [2.24, 2.45) is 0 Å². The average Bonchev–Trinajstić information content (AvgIpc) is 3.64. The molecule has 508 valence electrons. The van der Waals surface area contributed by atoms with Crippen molar-refractivity contribution in [1.29, 1.82) is 0 Å². The van der Waals surface area contributed by atoms with Gasteiger partial charge in [0.25, 0.3) is 0 Å². The Bertz CT molecular complexity index is 1930. The Morgan fingerprint density at radius 3 is 0.899 bits per heavy atom. The maximum absolute atomic E-state index is 13.0. The highest BCUT2D eigenvalue weighted by atomic mass is 16.7. The van der Waals surface area contributed by atoms with E-state index in [2.05, 4.69) is 148 Å². The van der Waals surface area contributed by atoms with Crippen LogP contribution in [0.3, 0.4) is 0 Å². The fourth-order valence-electron chi connectivity index (χ4n) is 9.92. The maximum Gasteiger partial charge on any atom is 0.306 e. The number of unbranched alkanes of at least 4 members (excludes halogenated alkanes) is 29. The molecule has 0 radical (unpaired) electrons. The number of rotatable bonds is 66. The zero-order valence-corrected chi connectivity index (χ0v) is 58.0. The van der Waals surface area contributed by atoms with Gasteiger partial charge in [0.2, 0.25) is 0 Å². The van der Waals surface area contributed by atoms with Gasteiger partial charge in [0.05, 0.1) is 40.3 Å². The fourth-order valence-corrected chi connectivity index (χ4v) is 9.92. The van der Waals surface area contributed by atoms with Gasteiger partial charge in [0.15, 0.2) is 12.4 Å². The van der Waals surface area contributed by atoms with Crippen molar-refractivity contribution in [2.75, 3.05) is 47.5 Å². The lowest BCUT2D eigenvalue weighted by atomic mass is 10.0. The summed E-state index contributed by atoms with van der Waals surface area (Å²) < 4.78 is 22.8. The number of nitrogens with zero attached hydrogens (tertiary/aromatic N) is 1. The van der Waals surface area contributed by atoms with Crippen LogP contribution in [0, 0.1) is 0 Å². The molecule has 9 nitrogen and oxygen atoms in total. The smallest absolute Gasteiger partial charge is 0.306 e. The normalized spacial score (nSPS) is 13.5. The van der Waals surface area contributed by atoms with Crippen molar-refractivity contribution in [1.82, 2.24) is 0 Å². The van der Waals surface area contributed by atoms with Gasteiger partial charge in [0.1, 0.15) is 13.2 Å². The van der Waals surface area contributed by atoms with Crippen molar-refractivity contribution in [3.05, 3.63) is 134 Å². The largest absolute Gasteiger partial charge is 0.545 e. The summed E-state index contributed by atoms with van der Waals surface area (Å²) in [4.78, 5) is 37.5. The van der Waals surface area contributed by atoms with E-state index in [0.717, 1.165) is 109 Å². The summed E-state index contributed by atoms with van der Waals surface area (Å²) in [6, 6.07) is 0. The third-order valence-corrected chi connectivity index (χ3v) is 15.4. The number of quaternary nitrogens is 1. The number of carboxylic acids is 1. The molecule has 89 heavy (non-hydrogen) atoms. The molecule has 2 atom stereocenters. The Hall–Kier alpha value is -4.57. The van der Waals surface area contributed by atoms with E-state index in [-0.39, 0.29) is 38.6 Å². The quantitative estimate of drug-likeness (QED) is 0.0195. The van der Waals surface area contributed by atoms with Crippen LogP contribution in [0.4, 0.5) is 0 Å². The summed E-state index contributed by atoms with van der Waals surface area (Å²) >= 11 is 0. The van der Waals surface area contributed by atoms with Crippen molar-refractivity contribution in [2.45, 2.75) is 309 Å². The lowest BCUT2D eigenvalue weighted by molar-refractivity contribution is -0.870. The van der Waals surface area contributed by atoms with E-state index in [1.807, 2.05) is 21.1 Å². The number of ether oxygens (including phenoxy) is 4. The second-order valence-electron chi connectivity index (χ2n) is 25.1. The number of hydrogen-bond acceptors (Lipinski definition) is 8.